The van der Waals surface area contributed by atoms with Gasteiger partial charge < -0.3 is 19.5 Å². The fourth-order valence-electron chi connectivity index (χ4n) is 5.22. The van der Waals surface area contributed by atoms with Gasteiger partial charge in [-0.1, -0.05) is 61.8 Å². The van der Waals surface area contributed by atoms with E-state index in [0.717, 1.165) is 42.9 Å². The van der Waals surface area contributed by atoms with Crippen molar-refractivity contribution in [3.05, 3.63) is 118 Å². The van der Waals surface area contributed by atoms with E-state index < -0.39 is 0 Å². The van der Waals surface area contributed by atoms with Gasteiger partial charge >= 0.3 is 0 Å². The van der Waals surface area contributed by atoms with Crippen molar-refractivity contribution in [2.75, 3.05) is 32.8 Å². The molecule has 1 aromatic heterocycles. The van der Waals surface area contributed by atoms with Gasteiger partial charge in [0.05, 0.1) is 17.8 Å². The van der Waals surface area contributed by atoms with Gasteiger partial charge in [-0.25, -0.2) is 4.98 Å². The predicted octanol–water partition coefficient (Wildman–Crippen LogP) is 7.64. The minimum Gasteiger partial charge on any atom is -0.506 e. The van der Waals surface area contributed by atoms with Crippen LogP contribution in [0.2, 0.25) is 5.02 Å². The zero-order valence-electron chi connectivity index (χ0n) is 26.1. The van der Waals surface area contributed by atoms with E-state index in [0.29, 0.717) is 42.3 Å². The van der Waals surface area contributed by atoms with Crippen molar-refractivity contribution in [1.82, 2.24) is 14.8 Å². The van der Waals surface area contributed by atoms with Crippen molar-refractivity contribution in [1.29, 1.82) is 0 Å². The fourth-order valence-corrected chi connectivity index (χ4v) is 5.54. The molecular weight excluding hydrogens is 586 g/mol. The summed E-state index contributed by atoms with van der Waals surface area (Å²) in [6, 6.07) is 23.9. The fraction of sp³-hybridized carbons (Fsp3) is 0.297. The smallest absolute Gasteiger partial charge is 0.246 e. The Morgan fingerprint density at radius 2 is 1.69 bits per heavy atom. The Morgan fingerprint density at radius 1 is 0.978 bits per heavy atom. The molecule has 7 nitrogen and oxygen atoms in total. The van der Waals surface area contributed by atoms with Crippen LogP contribution in [-0.2, 0) is 17.8 Å². The summed E-state index contributed by atoms with van der Waals surface area (Å²) in [5.41, 5.74) is 5.47. The zero-order valence-corrected chi connectivity index (χ0v) is 26.8. The Morgan fingerprint density at radius 3 is 2.33 bits per heavy atom. The van der Waals surface area contributed by atoms with Gasteiger partial charge in [-0.15, -0.1) is 0 Å². The Bertz CT molecular complexity index is 1570. The molecule has 1 amide bonds. The van der Waals surface area contributed by atoms with Gasteiger partial charge in [0.15, 0.2) is 5.75 Å². The van der Waals surface area contributed by atoms with Crippen molar-refractivity contribution in [2.24, 2.45) is 0 Å². The number of carbonyl (C=O) groups is 1. The summed E-state index contributed by atoms with van der Waals surface area (Å²) in [6.07, 6.45) is 5.56. The number of piperazine rings is 1. The lowest BCUT2D eigenvalue weighted by Gasteiger charge is -2.34. The molecule has 0 atom stereocenters. The topological polar surface area (TPSA) is 75.1 Å². The second-order valence-corrected chi connectivity index (χ2v) is 12.1. The van der Waals surface area contributed by atoms with E-state index in [4.69, 9.17) is 21.1 Å². The van der Waals surface area contributed by atoms with Crippen LogP contribution in [0.1, 0.15) is 47.6 Å². The van der Waals surface area contributed by atoms with Crippen LogP contribution in [-0.4, -0.2) is 58.6 Å². The number of carbonyl (C=O) groups excluding carboxylic acids is 1. The number of aromatic nitrogens is 1. The van der Waals surface area contributed by atoms with E-state index >= 15 is 0 Å². The molecule has 45 heavy (non-hydrogen) atoms. The van der Waals surface area contributed by atoms with Crippen LogP contribution < -0.4 is 9.47 Å². The molecular formula is C37H40ClN3O4. The SMILES string of the molecule is Cc1cc(C=CC(=O)N2CCN(Cc3ccc(CCOc4ccc(C(C)C)cc4)cc3)CC2)cc(Cl)c1Oc1ccc(O)cn1. The lowest BCUT2D eigenvalue weighted by molar-refractivity contribution is -0.127. The van der Waals surface area contributed by atoms with Crippen molar-refractivity contribution >= 4 is 23.6 Å². The number of rotatable bonds is 11. The highest BCUT2D eigenvalue weighted by molar-refractivity contribution is 6.32. The first-order valence-corrected chi connectivity index (χ1v) is 15.7. The first-order valence-electron chi connectivity index (χ1n) is 15.4. The maximum Gasteiger partial charge on any atom is 0.246 e. The first kappa shape index (κ1) is 32.1. The van der Waals surface area contributed by atoms with Crippen LogP contribution in [0, 0.1) is 6.92 Å². The minimum absolute atomic E-state index is 0.0144. The number of ether oxygens (including phenoxy) is 2. The van der Waals surface area contributed by atoms with Crippen LogP contribution >= 0.6 is 11.6 Å². The van der Waals surface area contributed by atoms with E-state index in [1.54, 1.807) is 24.3 Å². The Kier molecular flexibility index (Phi) is 10.8. The van der Waals surface area contributed by atoms with E-state index in [9.17, 15) is 9.90 Å². The number of hydrogen-bond acceptors (Lipinski definition) is 6. The van der Waals surface area contributed by atoms with E-state index in [-0.39, 0.29) is 11.7 Å². The number of nitrogens with zero attached hydrogens (tertiary/aromatic N) is 3. The maximum atomic E-state index is 12.9. The molecule has 0 aliphatic carbocycles. The van der Waals surface area contributed by atoms with Crippen molar-refractivity contribution in [3.63, 3.8) is 0 Å². The van der Waals surface area contributed by atoms with Crippen molar-refractivity contribution < 1.29 is 19.4 Å². The second-order valence-electron chi connectivity index (χ2n) is 11.7. The van der Waals surface area contributed by atoms with E-state index in [2.05, 4.69) is 60.1 Å². The summed E-state index contributed by atoms with van der Waals surface area (Å²) in [6.45, 7) is 10.8. The van der Waals surface area contributed by atoms with Crippen molar-refractivity contribution in [3.8, 4) is 23.1 Å². The standard InChI is InChI=1S/C37H40ClN3O4/c1-26(2)31-9-12-33(13-10-31)44-21-16-28-4-6-29(7-5-28)25-40-17-19-41(20-18-40)36(43)15-8-30-22-27(3)37(34(38)23-30)45-35-14-11-32(42)24-39-35/h4-15,22-24,26,42H,16-21,25H2,1-3H3. The van der Waals surface area contributed by atoms with Crippen LogP contribution in [0.4, 0.5) is 0 Å². The first-order chi connectivity index (χ1) is 21.7. The maximum absolute atomic E-state index is 12.9. The van der Waals surface area contributed by atoms with Gasteiger partial charge in [-0.2, -0.15) is 0 Å². The molecule has 234 valence electrons. The van der Waals surface area contributed by atoms with Gasteiger partial charge in [0, 0.05) is 51.3 Å². The largest absolute Gasteiger partial charge is 0.506 e. The molecule has 2 heterocycles. The molecule has 5 rings (SSSR count). The molecule has 3 aromatic carbocycles. The number of aromatic hydroxyl groups is 1. The number of aryl methyl sites for hydroxylation is 1. The zero-order chi connectivity index (χ0) is 31.8. The molecule has 0 radical (unpaired) electrons. The van der Waals surface area contributed by atoms with E-state index in [1.165, 1.54) is 29.0 Å². The number of hydrogen-bond donors (Lipinski definition) is 1. The summed E-state index contributed by atoms with van der Waals surface area (Å²) in [4.78, 5) is 21.2. The monoisotopic (exact) mass is 625 g/mol. The molecule has 8 heteroatoms. The van der Waals surface area contributed by atoms with Crippen LogP contribution in [0.5, 0.6) is 23.1 Å². The summed E-state index contributed by atoms with van der Waals surface area (Å²) < 4.78 is 11.7. The predicted molar refractivity (Wildman–Crippen MR) is 179 cm³/mol. The van der Waals surface area contributed by atoms with Crippen molar-refractivity contribution in [2.45, 2.75) is 39.7 Å². The van der Waals surface area contributed by atoms with E-state index in [1.807, 2.05) is 30.0 Å². The Labute approximate surface area is 270 Å². The lowest BCUT2D eigenvalue weighted by Crippen LogP contribution is -2.47. The van der Waals surface area contributed by atoms with Gasteiger partial charge in [-0.05, 0) is 77.1 Å². The highest BCUT2D eigenvalue weighted by Crippen LogP contribution is 2.34. The van der Waals surface area contributed by atoms with Crippen LogP contribution in [0.15, 0.2) is 85.1 Å². The minimum atomic E-state index is -0.0144. The average Bonchev–Trinajstić information content (AvgIpc) is 3.04. The molecule has 1 aliphatic rings. The van der Waals surface area contributed by atoms with Gasteiger partial charge in [0.2, 0.25) is 11.8 Å². The molecule has 1 aliphatic heterocycles. The summed E-state index contributed by atoms with van der Waals surface area (Å²) in [5, 5.41) is 9.84. The Balaban J connectivity index is 1.05. The highest BCUT2D eigenvalue weighted by Gasteiger charge is 2.20. The summed E-state index contributed by atoms with van der Waals surface area (Å²) >= 11 is 6.49. The molecule has 0 spiro atoms. The van der Waals surface area contributed by atoms with Crippen LogP contribution in [0.25, 0.3) is 6.08 Å². The third kappa shape index (κ3) is 9.10. The van der Waals surface area contributed by atoms with Gasteiger partial charge in [0.1, 0.15) is 11.5 Å². The number of amides is 1. The molecule has 0 unspecified atom stereocenters. The average molecular weight is 626 g/mol. The number of pyridine rings is 1. The lowest BCUT2D eigenvalue weighted by atomic mass is 10.0. The molecule has 4 aromatic rings. The second kappa shape index (κ2) is 15.1. The third-order valence-electron chi connectivity index (χ3n) is 7.92. The van der Waals surface area contributed by atoms with Gasteiger partial charge in [-0.3, -0.25) is 9.69 Å². The Hall–Kier alpha value is -4.33. The molecule has 1 saturated heterocycles. The number of halogens is 1. The van der Waals surface area contributed by atoms with Crippen LogP contribution in [0.3, 0.4) is 0 Å². The normalized spacial score (nSPS) is 13.8. The molecule has 1 fully saturated rings. The molecule has 0 saturated carbocycles. The summed E-state index contributed by atoms with van der Waals surface area (Å²) in [5.74, 6) is 2.29. The third-order valence-corrected chi connectivity index (χ3v) is 8.20. The molecule has 0 bridgehead atoms. The number of benzene rings is 3. The molecule has 1 N–H and O–H groups in total. The quantitative estimate of drug-likeness (QED) is 0.173. The highest BCUT2D eigenvalue weighted by atomic mass is 35.5. The summed E-state index contributed by atoms with van der Waals surface area (Å²) in [7, 11) is 0. The van der Waals surface area contributed by atoms with Gasteiger partial charge in [0.25, 0.3) is 0 Å².